The first-order valence-corrected chi connectivity index (χ1v) is 9.32. The molecular weight excluding hydrogens is 358 g/mol. The third-order valence-electron chi connectivity index (χ3n) is 5.23. The zero-order valence-electron chi connectivity index (χ0n) is 16.5. The average Bonchev–Trinajstić information content (AvgIpc) is 3.23. The predicted octanol–water partition coefficient (Wildman–Crippen LogP) is 3.50. The highest BCUT2D eigenvalue weighted by Crippen LogP contribution is 2.31. The first-order chi connectivity index (χ1) is 13.4. The quantitative estimate of drug-likeness (QED) is 0.739. The molecule has 0 bridgehead atoms. The molecule has 3 aromatic rings. The van der Waals surface area contributed by atoms with Crippen LogP contribution < -0.4 is 10.2 Å². The standard InChI is InChI=1S/C20H23N5O3/c1-11-8-16-15(22-19(11)23-20(26)18-14(4)27-10-21-18)6-5-7-25(16)9-17-12(2)13(3)24-28-17/h8,10H,5-7,9H2,1-4H3,(H,22,23,26). The number of nitrogens with one attached hydrogen (secondary N) is 1. The molecule has 0 aromatic carbocycles. The maximum atomic E-state index is 12.5. The first kappa shape index (κ1) is 18.2. The highest BCUT2D eigenvalue weighted by atomic mass is 16.5. The Bertz CT molecular complexity index is 1040. The van der Waals surface area contributed by atoms with Gasteiger partial charge in [0.25, 0.3) is 5.91 Å². The minimum absolute atomic E-state index is 0.275. The SMILES string of the molecule is Cc1cc2c(nc1NC(=O)c1ncoc1C)CCCN2Cc1onc(C)c1C. The second-order valence-corrected chi connectivity index (χ2v) is 7.17. The maximum absolute atomic E-state index is 12.5. The number of pyridine rings is 1. The van der Waals surface area contributed by atoms with Crippen molar-refractivity contribution < 1.29 is 13.7 Å². The van der Waals surface area contributed by atoms with Gasteiger partial charge in [0.15, 0.2) is 17.8 Å². The van der Waals surface area contributed by atoms with Crippen LogP contribution in [0, 0.1) is 27.7 Å². The van der Waals surface area contributed by atoms with E-state index >= 15 is 0 Å². The van der Waals surface area contributed by atoms with Crippen LogP contribution in [0.3, 0.4) is 0 Å². The van der Waals surface area contributed by atoms with Crippen LogP contribution in [0.1, 0.15) is 50.9 Å². The van der Waals surface area contributed by atoms with Gasteiger partial charge in [0, 0.05) is 12.1 Å². The molecule has 1 N–H and O–H groups in total. The highest BCUT2D eigenvalue weighted by Gasteiger charge is 2.23. The number of aromatic nitrogens is 3. The van der Waals surface area contributed by atoms with Gasteiger partial charge in [0.05, 0.1) is 23.6 Å². The second kappa shape index (κ2) is 7.10. The Morgan fingerprint density at radius 2 is 2.11 bits per heavy atom. The van der Waals surface area contributed by atoms with Gasteiger partial charge in [-0.3, -0.25) is 4.79 Å². The van der Waals surface area contributed by atoms with Crippen molar-refractivity contribution in [2.24, 2.45) is 0 Å². The number of rotatable bonds is 4. The van der Waals surface area contributed by atoms with Crippen molar-refractivity contribution in [2.75, 3.05) is 16.8 Å². The van der Waals surface area contributed by atoms with Gasteiger partial charge >= 0.3 is 0 Å². The van der Waals surface area contributed by atoms with Gasteiger partial charge in [0.1, 0.15) is 11.6 Å². The number of hydrogen-bond donors (Lipinski definition) is 1. The molecule has 8 heteroatoms. The molecule has 146 valence electrons. The summed E-state index contributed by atoms with van der Waals surface area (Å²) in [6.45, 7) is 9.21. The number of nitrogens with zero attached hydrogens (tertiary/aromatic N) is 4. The van der Waals surface area contributed by atoms with Crippen LogP contribution in [0.2, 0.25) is 0 Å². The molecule has 0 spiro atoms. The summed E-state index contributed by atoms with van der Waals surface area (Å²) in [5.74, 6) is 1.60. The van der Waals surface area contributed by atoms with Crippen molar-refractivity contribution in [1.29, 1.82) is 0 Å². The van der Waals surface area contributed by atoms with Crippen molar-refractivity contribution in [3.05, 3.63) is 52.2 Å². The van der Waals surface area contributed by atoms with Crippen molar-refractivity contribution in [2.45, 2.75) is 47.1 Å². The smallest absolute Gasteiger partial charge is 0.279 e. The van der Waals surface area contributed by atoms with Crippen LogP contribution in [0.5, 0.6) is 0 Å². The van der Waals surface area contributed by atoms with Crippen LogP contribution >= 0.6 is 0 Å². The van der Waals surface area contributed by atoms with E-state index < -0.39 is 0 Å². The number of oxazole rings is 1. The molecular formula is C20H23N5O3. The number of amides is 1. The number of carbonyl (C=O) groups excluding carboxylic acids is 1. The lowest BCUT2D eigenvalue weighted by Gasteiger charge is -2.30. The van der Waals surface area contributed by atoms with E-state index in [-0.39, 0.29) is 11.6 Å². The van der Waals surface area contributed by atoms with Gasteiger partial charge in [-0.15, -0.1) is 0 Å². The van der Waals surface area contributed by atoms with Gasteiger partial charge in [-0.25, -0.2) is 9.97 Å². The third kappa shape index (κ3) is 3.26. The molecule has 1 amide bonds. The zero-order valence-corrected chi connectivity index (χ0v) is 16.5. The Balaban J connectivity index is 1.59. The zero-order chi connectivity index (χ0) is 19.8. The monoisotopic (exact) mass is 381 g/mol. The Morgan fingerprint density at radius 3 is 2.79 bits per heavy atom. The number of carbonyl (C=O) groups is 1. The van der Waals surface area contributed by atoms with Gasteiger partial charge in [-0.1, -0.05) is 5.16 Å². The van der Waals surface area contributed by atoms with E-state index in [1.54, 1.807) is 6.92 Å². The lowest BCUT2D eigenvalue weighted by molar-refractivity contribution is 0.102. The van der Waals surface area contributed by atoms with E-state index in [1.807, 2.05) is 20.8 Å². The summed E-state index contributed by atoms with van der Waals surface area (Å²) in [7, 11) is 0. The van der Waals surface area contributed by atoms with Crippen LogP contribution in [0.15, 0.2) is 21.4 Å². The van der Waals surface area contributed by atoms with E-state index in [2.05, 4.69) is 26.4 Å². The molecule has 4 rings (SSSR count). The minimum atomic E-state index is -0.317. The van der Waals surface area contributed by atoms with E-state index in [0.717, 1.165) is 53.3 Å². The van der Waals surface area contributed by atoms with Gasteiger partial charge in [0.2, 0.25) is 0 Å². The maximum Gasteiger partial charge on any atom is 0.279 e. The van der Waals surface area contributed by atoms with E-state index in [9.17, 15) is 4.79 Å². The highest BCUT2D eigenvalue weighted by molar-refractivity contribution is 6.03. The van der Waals surface area contributed by atoms with Crippen molar-refractivity contribution in [3.8, 4) is 0 Å². The number of anilines is 2. The normalized spacial score (nSPS) is 13.5. The molecule has 3 aromatic heterocycles. The molecule has 0 radical (unpaired) electrons. The second-order valence-electron chi connectivity index (χ2n) is 7.17. The summed E-state index contributed by atoms with van der Waals surface area (Å²) in [5.41, 5.74) is 5.22. The number of fused-ring (bicyclic) bond motifs is 1. The molecule has 0 unspecified atom stereocenters. The lowest BCUT2D eigenvalue weighted by atomic mass is 10.0. The molecule has 0 saturated carbocycles. The molecule has 28 heavy (non-hydrogen) atoms. The van der Waals surface area contributed by atoms with Crippen molar-refractivity contribution in [1.82, 2.24) is 15.1 Å². The van der Waals surface area contributed by atoms with E-state index in [0.29, 0.717) is 18.1 Å². The minimum Gasteiger partial charge on any atom is -0.448 e. The average molecular weight is 381 g/mol. The fourth-order valence-corrected chi connectivity index (χ4v) is 3.42. The molecule has 4 heterocycles. The lowest BCUT2D eigenvalue weighted by Crippen LogP contribution is -2.30. The molecule has 0 atom stereocenters. The van der Waals surface area contributed by atoms with Gasteiger partial charge < -0.3 is 19.2 Å². The fraction of sp³-hybridized carbons (Fsp3) is 0.400. The summed E-state index contributed by atoms with van der Waals surface area (Å²) in [6, 6.07) is 2.07. The number of aryl methyl sites for hydroxylation is 4. The molecule has 0 fully saturated rings. The first-order valence-electron chi connectivity index (χ1n) is 9.32. The Hall–Kier alpha value is -3.16. The summed E-state index contributed by atoms with van der Waals surface area (Å²) < 4.78 is 10.6. The molecule has 0 aliphatic carbocycles. The molecule has 1 aliphatic rings. The van der Waals surface area contributed by atoms with E-state index in [1.165, 1.54) is 6.39 Å². The predicted molar refractivity (Wildman–Crippen MR) is 104 cm³/mol. The summed E-state index contributed by atoms with van der Waals surface area (Å²) in [6.07, 6.45) is 3.12. The van der Waals surface area contributed by atoms with Crippen LogP contribution in [0.4, 0.5) is 11.5 Å². The van der Waals surface area contributed by atoms with Crippen molar-refractivity contribution >= 4 is 17.4 Å². The summed E-state index contributed by atoms with van der Waals surface area (Å²) >= 11 is 0. The van der Waals surface area contributed by atoms with Crippen molar-refractivity contribution in [3.63, 3.8) is 0 Å². The molecule has 0 saturated heterocycles. The van der Waals surface area contributed by atoms with E-state index in [4.69, 9.17) is 13.9 Å². The van der Waals surface area contributed by atoms with Crippen LogP contribution in [0.25, 0.3) is 0 Å². The van der Waals surface area contributed by atoms with Gasteiger partial charge in [-0.05, 0) is 52.2 Å². The fourth-order valence-electron chi connectivity index (χ4n) is 3.42. The van der Waals surface area contributed by atoms with Crippen LogP contribution in [-0.4, -0.2) is 27.6 Å². The largest absolute Gasteiger partial charge is 0.448 e. The van der Waals surface area contributed by atoms with Crippen LogP contribution in [-0.2, 0) is 13.0 Å². The topological polar surface area (TPSA) is 97.3 Å². The molecule has 1 aliphatic heterocycles. The third-order valence-corrected chi connectivity index (χ3v) is 5.23. The number of hydrogen-bond acceptors (Lipinski definition) is 7. The molecule has 8 nitrogen and oxygen atoms in total. The summed E-state index contributed by atoms with van der Waals surface area (Å²) in [5, 5.41) is 6.92. The Morgan fingerprint density at radius 1 is 1.29 bits per heavy atom. The summed E-state index contributed by atoms with van der Waals surface area (Å²) in [4.78, 5) is 23.4. The Kier molecular flexibility index (Phi) is 4.62. The Labute approximate surface area is 162 Å². The van der Waals surface area contributed by atoms with Gasteiger partial charge in [-0.2, -0.15) is 0 Å².